The van der Waals surface area contributed by atoms with E-state index in [1.54, 1.807) is 0 Å². The number of para-hydroxylation sites is 1. The smallest absolute Gasteiger partial charge is 0.311 e. The Morgan fingerprint density at radius 2 is 1.53 bits per heavy atom. The second-order valence-electron chi connectivity index (χ2n) is 4.66. The van der Waals surface area contributed by atoms with E-state index in [1.807, 2.05) is 30.3 Å². The largest absolute Gasteiger partial charge is 0.427 e. The second-order valence-corrected chi connectivity index (χ2v) is 4.66. The van der Waals surface area contributed by atoms with Gasteiger partial charge >= 0.3 is 5.97 Å². The van der Waals surface area contributed by atoms with Crippen molar-refractivity contribution in [2.24, 2.45) is 0 Å². The van der Waals surface area contributed by atoms with Gasteiger partial charge in [0.25, 0.3) is 0 Å². The normalized spacial score (nSPS) is 9.74. The molecule has 1 aromatic rings. The molecular weight excluding hydrogens is 425 g/mol. The summed E-state index contributed by atoms with van der Waals surface area (Å²) >= 11 is 0. The van der Waals surface area contributed by atoms with Crippen LogP contribution in [0.15, 0.2) is 30.3 Å². The number of unbranched alkanes of at least 4 members (excludes halogenated alkanes) is 6. The van der Waals surface area contributed by atoms with E-state index in [0.717, 1.165) is 12.8 Å². The standard InChI is InChI=1S/C16H24O2.Hg/c1-2-3-4-5-6-7-11-14-16(17)18-15-12-9-8-10-13-15;/h8-10,12-13H,2-7,11,14H2,1H3;. The van der Waals surface area contributed by atoms with E-state index < -0.39 is 0 Å². The molecule has 0 aromatic heterocycles. The Bertz CT molecular complexity index is 325. The first-order valence-corrected chi connectivity index (χ1v) is 7.08. The molecule has 0 aliphatic rings. The number of hydrogen-bond donors (Lipinski definition) is 0. The molecule has 0 radical (unpaired) electrons. The third-order valence-electron chi connectivity index (χ3n) is 2.96. The summed E-state index contributed by atoms with van der Waals surface area (Å²) in [5.41, 5.74) is 0. The van der Waals surface area contributed by atoms with E-state index >= 15 is 0 Å². The average molecular weight is 449 g/mol. The Balaban J connectivity index is 0.00000324. The molecule has 19 heavy (non-hydrogen) atoms. The first-order valence-electron chi connectivity index (χ1n) is 7.08. The van der Waals surface area contributed by atoms with Gasteiger partial charge in [-0.25, -0.2) is 0 Å². The van der Waals surface area contributed by atoms with E-state index in [-0.39, 0.29) is 33.6 Å². The topological polar surface area (TPSA) is 26.3 Å². The molecule has 0 unspecified atom stereocenters. The zero-order valence-corrected chi connectivity index (χ0v) is 17.6. The molecule has 0 saturated carbocycles. The van der Waals surface area contributed by atoms with Crippen LogP contribution in [0.2, 0.25) is 0 Å². The third-order valence-corrected chi connectivity index (χ3v) is 2.96. The van der Waals surface area contributed by atoms with Crippen LogP contribution in [-0.4, -0.2) is 5.97 Å². The molecule has 1 aromatic carbocycles. The van der Waals surface area contributed by atoms with E-state index in [4.69, 9.17) is 4.74 Å². The van der Waals surface area contributed by atoms with Gasteiger partial charge in [0.1, 0.15) is 5.75 Å². The number of carbonyl (C=O) groups excluding carboxylic acids is 1. The zero-order chi connectivity index (χ0) is 13.1. The van der Waals surface area contributed by atoms with Crippen LogP contribution in [0.25, 0.3) is 0 Å². The van der Waals surface area contributed by atoms with Gasteiger partial charge in [0, 0.05) is 34.1 Å². The number of benzene rings is 1. The third kappa shape index (κ3) is 10.1. The summed E-state index contributed by atoms with van der Waals surface area (Å²) in [6, 6.07) is 9.27. The summed E-state index contributed by atoms with van der Waals surface area (Å²) < 4.78 is 5.22. The van der Waals surface area contributed by atoms with Crippen LogP contribution < -0.4 is 4.74 Å². The molecule has 2 nitrogen and oxygen atoms in total. The van der Waals surface area contributed by atoms with Crippen LogP contribution in [0.1, 0.15) is 58.3 Å². The van der Waals surface area contributed by atoms with Crippen LogP contribution in [0, 0.1) is 0 Å². The number of hydrogen-bond acceptors (Lipinski definition) is 2. The van der Waals surface area contributed by atoms with Crippen LogP contribution in [-0.2, 0) is 32.5 Å². The molecule has 1 rings (SSSR count). The Kier molecular flexibility index (Phi) is 12.4. The fourth-order valence-corrected chi connectivity index (χ4v) is 1.90. The molecule has 0 bridgehead atoms. The maximum Gasteiger partial charge on any atom is 0.311 e. The van der Waals surface area contributed by atoms with Crippen molar-refractivity contribution in [3.05, 3.63) is 30.3 Å². The minimum Gasteiger partial charge on any atom is -0.427 e. The maximum absolute atomic E-state index is 11.5. The van der Waals surface area contributed by atoms with Gasteiger partial charge in [0.15, 0.2) is 0 Å². The van der Waals surface area contributed by atoms with Gasteiger partial charge in [0.05, 0.1) is 0 Å². The van der Waals surface area contributed by atoms with E-state index in [2.05, 4.69) is 6.92 Å². The molecule has 0 fully saturated rings. The molecule has 102 valence electrons. The predicted molar refractivity (Wildman–Crippen MR) is 74.7 cm³/mol. The first-order chi connectivity index (χ1) is 8.83. The number of carbonyl (C=O) groups is 1. The van der Waals surface area contributed by atoms with Gasteiger partial charge in [-0.05, 0) is 18.6 Å². The van der Waals surface area contributed by atoms with E-state index in [0.29, 0.717) is 12.2 Å². The van der Waals surface area contributed by atoms with Gasteiger partial charge in [-0.3, -0.25) is 4.79 Å². The van der Waals surface area contributed by atoms with Gasteiger partial charge in [-0.2, -0.15) is 0 Å². The molecule has 0 aliphatic carbocycles. The summed E-state index contributed by atoms with van der Waals surface area (Å²) in [5.74, 6) is 0.528. The number of ether oxygens (including phenoxy) is 1. The van der Waals surface area contributed by atoms with Crippen LogP contribution in [0.5, 0.6) is 5.75 Å². The minimum absolute atomic E-state index is 0. The predicted octanol–water partition coefficient (Wildman–Crippen LogP) is 4.73. The van der Waals surface area contributed by atoms with Crippen molar-refractivity contribution >= 4 is 5.97 Å². The average Bonchev–Trinajstić information content (AvgIpc) is 2.39. The van der Waals surface area contributed by atoms with Gasteiger partial charge in [0.2, 0.25) is 0 Å². The van der Waals surface area contributed by atoms with E-state index in [9.17, 15) is 4.79 Å². The molecule has 0 atom stereocenters. The number of rotatable bonds is 9. The minimum atomic E-state index is -0.116. The first kappa shape index (κ1) is 18.6. The van der Waals surface area contributed by atoms with Crippen LogP contribution >= 0.6 is 0 Å². The van der Waals surface area contributed by atoms with Crippen molar-refractivity contribution in [3.63, 3.8) is 0 Å². The summed E-state index contributed by atoms with van der Waals surface area (Å²) in [6.45, 7) is 2.22. The Morgan fingerprint density at radius 1 is 0.947 bits per heavy atom. The maximum atomic E-state index is 11.5. The van der Waals surface area contributed by atoms with Crippen molar-refractivity contribution in [1.29, 1.82) is 0 Å². The summed E-state index contributed by atoms with van der Waals surface area (Å²) in [4.78, 5) is 11.5. The van der Waals surface area contributed by atoms with Crippen molar-refractivity contribution in [3.8, 4) is 5.75 Å². The van der Waals surface area contributed by atoms with Crippen LogP contribution in [0.3, 0.4) is 0 Å². The monoisotopic (exact) mass is 450 g/mol. The Morgan fingerprint density at radius 3 is 2.16 bits per heavy atom. The molecule has 0 N–H and O–H groups in total. The molecule has 0 aliphatic heterocycles. The van der Waals surface area contributed by atoms with Crippen molar-refractivity contribution < 1.29 is 37.2 Å². The molecular formula is C16H24HgO2. The number of esters is 1. The van der Waals surface area contributed by atoms with Crippen molar-refractivity contribution in [2.45, 2.75) is 58.3 Å². The second kappa shape index (κ2) is 12.6. The molecule has 0 heterocycles. The molecule has 0 spiro atoms. The summed E-state index contributed by atoms with van der Waals surface area (Å²) in [6.07, 6.45) is 9.07. The zero-order valence-electron chi connectivity index (χ0n) is 12.1. The van der Waals surface area contributed by atoms with Gasteiger partial charge < -0.3 is 4.74 Å². The Labute approximate surface area is 137 Å². The summed E-state index contributed by atoms with van der Waals surface area (Å²) in [7, 11) is 0. The van der Waals surface area contributed by atoms with Crippen molar-refractivity contribution in [2.75, 3.05) is 0 Å². The fraction of sp³-hybridized carbons (Fsp3) is 0.562. The molecule has 0 saturated heterocycles. The molecule has 3 heteroatoms. The molecule has 0 amide bonds. The van der Waals surface area contributed by atoms with Gasteiger partial charge in [-0.15, -0.1) is 0 Å². The summed E-state index contributed by atoms with van der Waals surface area (Å²) in [5, 5.41) is 0. The van der Waals surface area contributed by atoms with E-state index in [1.165, 1.54) is 32.1 Å². The van der Waals surface area contributed by atoms with Gasteiger partial charge in [-0.1, -0.05) is 63.6 Å². The van der Waals surface area contributed by atoms with Crippen molar-refractivity contribution in [1.82, 2.24) is 0 Å². The van der Waals surface area contributed by atoms with Crippen LogP contribution in [0.4, 0.5) is 0 Å². The fourth-order valence-electron chi connectivity index (χ4n) is 1.90. The SMILES string of the molecule is CCCCCCCCCC(=O)Oc1ccccc1.[Hg]. The Hall–Kier alpha value is -0.375. The quantitative estimate of drug-likeness (QED) is 0.236.